The third kappa shape index (κ3) is 4.82. The molecule has 0 radical (unpaired) electrons. The second-order valence-corrected chi connectivity index (χ2v) is 9.23. The number of aromatic nitrogens is 2. The number of aromatic amines is 1. The zero-order valence-electron chi connectivity index (χ0n) is 19.5. The van der Waals surface area contributed by atoms with Crippen molar-refractivity contribution in [2.45, 2.75) is 38.0 Å². The molecule has 2 saturated heterocycles. The predicted molar refractivity (Wildman–Crippen MR) is 127 cm³/mol. The summed E-state index contributed by atoms with van der Waals surface area (Å²) in [4.78, 5) is 37.0. The van der Waals surface area contributed by atoms with Crippen LogP contribution in [0, 0.1) is 0 Å². The molecule has 2 aromatic heterocycles. The molecule has 11 heteroatoms. The van der Waals surface area contributed by atoms with Gasteiger partial charge < -0.3 is 25.3 Å². The number of piperidine rings is 1. The Balaban J connectivity index is 1.27. The Morgan fingerprint density at radius 1 is 1.03 bits per heavy atom. The van der Waals surface area contributed by atoms with Gasteiger partial charge >= 0.3 is 6.36 Å². The number of rotatable bonds is 4. The Kier molecular flexibility index (Phi) is 6.23. The second kappa shape index (κ2) is 9.36. The van der Waals surface area contributed by atoms with Crippen LogP contribution in [0.1, 0.15) is 57.9 Å². The average Bonchev–Trinajstić information content (AvgIpc) is 3.52. The first-order valence-electron chi connectivity index (χ1n) is 11.9. The Bertz CT molecular complexity index is 1290. The fourth-order valence-corrected chi connectivity index (χ4v) is 5.08. The van der Waals surface area contributed by atoms with Gasteiger partial charge in [0.1, 0.15) is 11.4 Å². The van der Waals surface area contributed by atoms with Crippen molar-refractivity contribution in [3.05, 3.63) is 53.3 Å². The van der Waals surface area contributed by atoms with Gasteiger partial charge in [-0.25, -0.2) is 4.98 Å². The van der Waals surface area contributed by atoms with Crippen molar-refractivity contribution in [3.8, 4) is 5.75 Å². The summed E-state index contributed by atoms with van der Waals surface area (Å²) < 4.78 is 41.2. The topological polar surface area (TPSA) is 105 Å². The second-order valence-electron chi connectivity index (χ2n) is 9.23. The van der Waals surface area contributed by atoms with Crippen molar-refractivity contribution >= 4 is 28.5 Å². The van der Waals surface area contributed by atoms with E-state index in [0.29, 0.717) is 31.5 Å². The van der Waals surface area contributed by atoms with E-state index in [1.54, 1.807) is 11.1 Å². The highest BCUT2D eigenvalue weighted by molar-refractivity contribution is 5.99. The number of hydrogen-bond donors (Lipinski definition) is 2. The van der Waals surface area contributed by atoms with Gasteiger partial charge in [-0.2, -0.15) is 0 Å². The molecule has 3 aromatic rings. The molecule has 0 bridgehead atoms. The molecule has 2 aliphatic heterocycles. The number of benzene rings is 1. The number of nitrogens with two attached hydrogens (primary N) is 1. The van der Waals surface area contributed by atoms with E-state index in [1.807, 2.05) is 17.2 Å². The molecule has 0 unspecified atom stereocenters. The molecular formula is C25H26F3N5O3. The number of anilines is 1. The fourth-order valence-electron chi connectivity index (χ4n) is 5.08. The van der Waals surface area contributed by atoms with Gasteiger partial charge in [-0.3, -0.25) is 9.59 Å². The number of nitrogens with zero attached hydrogens (tertiary/aromatic N) is 3. The summed E-state index contributed by atoms with van der Waals surface area (Å²) in [5, 5.41) is 0.911. The Hall–Kier alpha value is -3.76. The molecule has 5 rings (SSSR count). The van der Waals surface area contributed by atoms with Crippen molar-refractivity contribution in [2.24, 2.45) is 0 Å². The third-order valence-electron chi connectivity index (χ3n) is 6.91. The van der Waals surface area contributed by atoms with Crippen LogP contribution in [0.2, 0.25) is 0 Å². The number of H-pyrrole nitrogens is 1. The lowest BCUT2D eigenvalue weighted by Crippen LogP contribution is -2.38. The van der Waals surface area contributed by atoms with E-state index in [1.165, 1.54) is 6.07 Å². The number of hydrogen-bond acceptors (Lipinski definition) is 5. The lowest BCUT2D eigenvalue weighted by atomic mass is 9.89. The minimum atomic E-state index is -4.83. The number of alkyl halides is 3. The Morgan fingerprint density at radius 3 is 2.39 bits per heavy atom. The quantitative estimate of drug-likeness (QED) is 0.519. The third-order valence-corrected chi connectivity index (χ3v) is 6.91. The highest BCUT2D eigenvalue weighted by Gasteiger charge is 2.32. The molecule has 0 atom stereocenters. The van der Waals surface area contributed by atoms with Crippen LogP contribution in [0.25, 0.3) is 11.0 Å². The molecule has 3 N–H and O–H groups in total. The summed E-state index contributed by atoms with van der Waals surface area (Å²) in [7, 11) is 0. The van der Waals surface area contributed by atoms with Crippen LogP contribution >= 0.6 is 0 Å². The molecule has 2 aliphatic rings. The number of ether oxygens (including phenoxy) is 1. The molecule has 190 valence electrons. The number of pyridine rings is 1. The first-order valence-corrected chi connectivity index (χ1v) is 11.9. The van der Waals surface area contributed by atoms with E-state index in [9.17, 15) is 22.8 Å². The van der Waals surface area contributed by atoms with Crippen LogP contribution in [-0.4, -0.2) is 64.1 Å². The number of fused-ring (bicyclic) bond motifs is 1. The molecule has 0 spiro atoms. The normalized spacial score (nSPS) is 17.1. The Morgan fingerprint density at radius 2 is 1.72 bits per heavy atom. The fraction of sp³-hybridized carbons (Fsp3) is 0.400. The average molecular weight is 502 g/mol. The zero-order chi connectivity index (χ0) is 25.4. The molecule has 1 aromatic carbocycles. The zero-order valence-corrected chi connectivity index (χ0v) is 19.5. The summed E-state index contributed by atoms with van der Waals surface area (Å²) in [5.74, 6) is -0.630. The van der Waals surface area contributed by atoms with Crippen molar-refractivity contribution in [1.82, 2.24) is 19.8 Å². The van der Waals surface area contributed by atoms with Crippen molar-refractivity contribution in [2.75, 3.05) is 31.9 Å². The minimum Gasteiger partial charge on any atom is -0.406 e. The van der Waals surface area contributed by atoms with Gasteiger partial charge in [0, 0.05) is 55.7 Å². The van der Waals surface area contributed by atoms with Crippen LogP contribution in [-0.2, 0) is 0 Å². The monoisotopic (exact) mass is 501 g/mol. The lowest BCUT2D eigenvalue weighted by molar-refractivity contribution is -0.274. The van der Waals surface area contributed by atoms with Crippen LogP contribution in [0.4, 0.5) is 18.9 Å². The minimum absolute atomic E-state index is 0.00120. The van der Waals surface area contributed by atoms with Gasteiger partial charge in [0.25, 0.3) is 11.8 Å². The van der Waals surface area contributed by atoms with E-state index in [4.69, 9.17) is 5.73 Å². The highest BCUT2D eigenvalue weighted by Crippen LogP contribution is 2.34. The van der Waals surface area contributed by atoms with E-state index >= 15 is 0 Å². The number of carbonyl (C=O) groups is 2. The Labute approximate surface area is 205 Å². The lowest BCUT2D eigenvalue weighted by Gasteiger charge is -2.32. The summed E-state index contributed by atoms with van der Waals surface area (Å²) >= 11 is 0. The molecule has 0 saturated carbocycles. The summed E-state index contributed by atoms with van der Waals surface area (Å²) in [6.45, 7) is 2.48. The summed E-state index contributed by atoms with van der Waals surface area (Å²) in [6.07, 6.45) is 2.12. The van der Waals surface area contributed by atoms with E-state index < -0.39 is 12.1 Å². The van der Waals surface area contributed by atoms with Crippen molar-refractivity contribution in [3.63, 3.8) is 0 Å². The summed E-state index contributed by atoms with van der Waals surface area (Å²) in [5.41, 5.74) is 8.29. The van der Waals surface area contributed by atoms with Crippen molar-refractivity contribution < 1.29 is 27.5 Å². The van der Waals surface area contributed by atoms with Crippen LogP contribution < -0.4 is 10.5 Å². The van der Waals surface area contributed by atoms with E-state index in [2.05, 4.69) is 14.7 Å². The van der Waals surface area contributed by atoms with Gasteiger partial charge in [0.15, 0.2) is 0 Å². The molecule has 36 heavy (non-hydrogen) atoms. The standard InChI is InChI=1S/C25H26F3N5O3/c26-25(27,28)36-17-3-4-18(21(29)12-17)24(35)33-9-5-15(6-10-33)20-14-31-22-19(20)11-16(13-30-22)23(34)32-7-1-2-8-32/h3-4,11-15H,1-2,5-10,29H2,(H,30,31). The number of nitrogens with one attached hydrogen (secondary N) is 1. The largest absolute Gasteiger partial charge is 0.573 e. The van der Waals surface area contributed by atoms with Crippen LogP contribution in [0.3, 0.4) is 0 Å². The molecule has 2 fully saturated rings. The maximum Gasteiger partial charge on any atom is 0.573 e. The number of carbonyl (C=O) groups excluding carboxylic acids is 2. The maximum absolute atomic E-state index is 13.0. The van der Waals surface area contributed by atoms with Crippen LogP contribution in [0.5, 0.6) is 5.75 Å². The number of halogens is 3. The predicted octanol–water partition coefficient (Wildman–Crippen LogP) is 4.30. The van der Waals surface area contributed by atoms with E-state index in [0.717, 1.165) is 54.7 Å². The SMILES string of the molecule is Nc1cc(OC(F)(F)F)ccc1C(=O)N1CCC(c2c[nH]c3ncc(C(=O)N4CCCC4)cc23)CC1. The van der Waals surface area contributed by atoms with Crippen LogP contribution in [0.15, 0.2) is 36.7 Å². The molecule has 0 aliphatic carbocycles. The number of likely N-dealkylation sites (tertiary alicyclic amines) is 2. The highest BCUT2D eigenvalue weighted by atomic mass is 19.4. The van der Waals surface area contributed by atoms with E-state index in [-0.39, 0.29) is 29.0 Å². The first kappa shape index (κ1) is 24.0. The molecule has 4 heterocycles. The van der Waals surface area contributed by atoms with Gasteiger partial charge in [-0.15, -0.1) is 13.2 Å². The smallest absolute Gasteiger partial charge is 0.406 e. The molecular weight excluding hydrogens is 475 g/mol. The number of amides is 2. The molecule has 8 nitrogen and oxygen atoms in total. The first-order chi connectivity index (χ1) is 17.2. The number of nitrogen functional groups attached to an aromatic ring is 1. The van der Waals surface area contributed by atoms with Gasteiger partial charge in [-0.05, 0) is 55.4 Å². The molecule has 2 amide bonds. The van der Waals surface area contributed by atoms with Gasteiger partial charge in [-0.1, -0.05) is 0 Å². The maximum atomic E-state index is 13.0. The van der Waals surface area contributed by atoms with Crippen molar-refractivity contribution in [1.29, 1.82) is 0 Å². The van der Waals surface area contributed by atoms with Gasteiger partial charge in [0.2, 0.25) is 0 Å². The van der Waals surface area contributed by atoms with Gasteiger partial charge in [0.05, 0.1) is 11.1 Å². The summed E-state index contributed by atoms with van der Waals surface area (Å²) in [6, 6.07) is 5.25.